The first-order chi connectivity index (χ1) is 13.7. The minimum Gasteiger partial charge on any atom is -0.462 e. The van der Waals surface area contributed by atoms with Crippen molar-refractivity contribution in [2.75, 3.05) is 0 Å². The SMILES string of the molecule is CC(=O)OC1CCC2(C)C(=C/C(=N/O)C3C2CCC2(C)C(OC(C)=O)CCC32)C1. The van der Waals surface area contributed by atoms with Gasteiger partial charge in [-0.05, 0) is 61.9 Å². The number of fused-ring (bicyclic) bond motifs is 5. The number of carbonyl (C=O) groups is 2. The van der Waals surface area contributed by atoms with Crippen LogP contribution in [0.2, 0.25) is 0 Å². The number of allylic oxidation sites excluding steroid dienone is 1. The highest BCUT2D eigenvalue weighted by Crippen LogP contribution is 2.64. The molecular weight excluding hydrogens is 370 g/mol. The Kier molecular flexibility index (Phi) is 5.02. The van der Waals surface area contributed by atoms with Crippen molar-refractivity contribution in [1.82, 2.24) is 0 Å². The van der Waals surface area contributed by atoms with E-state index in [0.29, 0.717) is 11.8 Å². The largest absolute Gasteiger partial charge is 0.462 e. The number of hydrogen-bond donors (Lipinski definition) is 1. The molecule has 0 heterocycles. The Bertz CT molecular complexity index is 773. The Hall–Kier alpha value is -1.85. The van der Waals surface area contributed by atoms with E-state index in [9.17, 15) is 14.8 Å². The molecule has 0 aromatic heterocycles. The van der Waals surface area contributed by atoms with Gasteiger partial charge < -0.3 is 14.7 Å². The lowest BCUT2D eigenvalue weighted by Gasteiger charge is -2.57. The van der Waals surface area contributed by atoms with Crippen molar-refractivity contribution >= 4 is 17.7 Å². The quantitative estimate of drug-likeness (QED) is 0.423. The molecule has 0 amide bonds. The van der Waals surface area contributed by atoms with Gasteiger partial charge in [-0.15, -0.1) is 0 Å². The summed E-state index contributed by atoms with van der Waals surface area (Å²) < 4.78 is 11.2. The summed E-state index contributed by atoms with van der Waals surface area (Å²) in [5.41, 5.74) is 1.98. The molecule has 6 heteroatoms. The summed E-state index contributed by atoms with van der Waals surface area (Å²) in [5, 5.41) is 13.6. The maximum Gasteiger partial charge on any atom is 0.302 e. The molecule has 3 saturated carbocycles. The maximum atomic E-state index is 11.6. The van der Waals surface area contributed by atoms with Gasteiger partial charge in [-0.3, -0.25) is 9.59 Å². The molecule has 160 valence electrons. The van der Waals surface area contributed by atoms with Crippen LogP contribution in [0.3, 0.4) is 0 Å². The van der Waals surface area contributed by atoms with Crippen LogP contribution in [0.25, 0.3) is 0 Å². The number of hydrogen-bond acceptors (Lipinski definition) is 6. The van der Waals surface area contributed by atoms with Crippen LogP contribution in [0.15, 0.2) is 16.8 Å². The van der Waals surface area contributed by atoms with Gasteiger partial charge in [-0.2, -0.15) is 0 Å². The number of oxime groups is 1. The van der Waals surface area contributed by atoms with E-state index in [4.69, 9.17) is 9.47 Å². The molecule has 4 aliphatic rings. The van der Waals surface area contributed by atoms with Gasteiger partial charge in [-0.1, -0.05) is 24.6 Å². The summed E-state index contributed by atoms with van der Waals surface area (Å²) in [6.07, 6.45) is 8.42. The predicted octanol–water partition coefficient (Wildman–Crippen LogP) is 4.25. The zero-order valence-electron chi connectivity index (χ0n) is 17.9. The fourth-order valence-electron chi connectivity index (χ4n) is 7.17. The molecule has 6 nitrogen and oxygen atoms in total. The van der Waals surface area contributed by atoms with E-state index in [0.717, 1.165) is 50.7 Å². The van der Waals surface area contributed by atoms with Gasteiger partial charge in [0.15, 0.2) is 0 Å². The van der Waals surface area contributed by atoms with Gasteiger partial charge in [-0.25, -0.2) is 0 Å². The average Bonchev–Trinajstić information content (AvgIpc) is 2.97. The Labute approximate surface area is 172 Å². The van der Waals surface area contributed by atoms with Gasteiger partial charge in [0.25, 0.3) is 0 Å². The first kappa shape index (κ1) is 20.4. The molecule has 0 spiro atoms. The smallest absolute Gasteiger partial charge is 0.302 e. The first-order valence-electron chi connectivity index (χ1n) is 11.0. The van der Waals surface area contributed by atoms with Gasteiger partial charge in [0, 0.05) is 31.6 Å². The minimum absolute atomic E-state index is 0.0381. The lowest BCUT2D eigenvalue weighted by Crippen LogP contribution is -2.54. The second kappa shape index (κ2) is 7.13. The normalized spacial score (nSPS) is 44.9. The first-order valence-corrected chi connectivity index (χ1v) is 11.0. The van der Waals surface area contributed by atoms with Crippen LogP contribution in [-0.4, -0.2) is 35.1 Å². The zero-order valence-corrected chi connectivity index (χ0v) is 17.9. The van der Waals surface area contributed by atoms with E-state index in [2.05, 4.69) is 25.1 Å². The van der Waals surface area contributed by atoms with Crippen molar-refractivity contribution in [1.29, 1.82) is 0 Å². The van der Waals surface area contributed by atoms with E-state index in [1.807, 2.05) is 0 Å². The summed E-state index contributed by atoms with van der Waals surface area (Å²) in [7, 11) is 0. The third kappa shape index (κ3) is 3.19. The van der Waals surface area contributed by atoms with Crippen molar-refractivity contribution in [3.05, 3.63) is 11.6 Å². The van der Waals surface area contributed by atoms with Crippen LogP contribution in [0.5, 0.6) is 0 Å². The van der Waals surface area contributed by atoms with Crippen molar-refractivity contribution in [2.45, 2.75) is 84.8 Å². The summed E-state index contributed by atoms with van der Waals surface area (Å²) >= 11 is 0. The fraction of sp³-hybridized carbons (Fsp3) is 0.783. The average molecular weight is 404 g/mol. The highest BCUT2D eigenvalue weighted by atomic mass is 16.5. The van der Waals surface area contributed by atoms with Gasteiger partial charge in [0.05, 0.1) is 5.71 Å². The third-order valence-electron chi connectivity index (χ3n) is 8.59. The minimum atomic E-state index is -0.236. The molecule has 0 bridgehead atoms. The van der Waals surface area contributed by atoms with Crippen LogP contribution >= 0.6 is 0 Å². The standard InChI is InChI=1S/C23H33NO5/c1-13(25)28-16-7-9-22(3)15(11-16)12-19(24-27)21-17-5-6-20(29-14(2)26)23(17,4)10-8-18(21)22/h12,16-18,20-21,27H,5-11H2,1-4H3/b24-19-. The molecule has 4 aliphatic carbocycles. The highest BCUT2D eigenvalue weighted by Gasteiger charge is 2.61. The van der Waals surface area contributed by atoms with Gasteiger partial charge in [0.2, 0.25) is 0 Å². The van der Waals surface area contributed by atoms with Crippen LogP contribution in [0, 0.1) is 28.6 Å². The van der Waals surface area contributed by atoms with E-state index in [1.165, 1.54) is 19.4 Å². The van der Waals surface area contributed by atoms with E-state index < -0.39 is 0 Å². The monoisotopic (exact) mass is 403 g/mol. The summed E-state index contributed by atoms with van der Waals surface area (Å²) in [5.74, 6) is 0.480. The third-order valence-corrected chi connectivity index (χ3v) is 8.59. The number of esters is 2. The molecular formula is C23H33NO5. The van der Waals surface area contributed by atoms with Crippen molar-refractivity contribution in [3.8, 4) is 0 Å². The van der Waals surface area contributed by atoms with Crippen LogP contribution < -0.4 is 0 Å². The molecule has 7 atom stereocenters. The van der Waals surface area contributed by atoms with Gasteiger partial charge >= 0.3 is 11.9 Å². The van der Waals surface area contributed by atoms with Crippen LogP contribution in [0.4, 0.5) is 0 Å². The zero-order chi connectivity index (χ0) is 21.0. The van der Waals surface area contributed by atoms with Crippen molar-refractivity contribution < 1.29 is 24.3 Å². The van der Waals surface area contributed by atoms with E-state index in [1.54, 1.807) is 0 Å². The lowest BCUT2D eigenvalue weighted by molar-refractivity contribution is -0.155. The lowest BCUT2D eigenvalue weighted by atomic mass is 9.47. The Morgan fingerprint density at radius 3 is 2.41 bits per heavy atom. The molecule has 0 aromatic rings. The Morgan fingerprint density at radius 2 is 1.76 bits per heavy atom. The predicted molar refractivity (Wildman–Crippen MR) is 107 cm³/mol. The fourth-order valence-corrected chi connectivity index (χ4v) is 7.17. The van der Waals surface area contributed by atoms with Crippen molar-refractivity contribution in [2.24, 2.45) is 33.7 Å². The van der Waals surface area contributed by atoms with Crippen LogP contribution in [0.1, 0.15) is 72.6 Å². The highest BCUT2D eigenvalue weighted by molar-refractivity contribution is 5.99. The molecule has 0 aromatic carbocycles. The molecule has 29 heavy (non-hydrogen) atoms. The molecule has 0 aliphatic heterocycles. The number of rotatable bonds is 2. The summed E-state index contributed by atoms with van der Waals surface area (Å²) in [6, 6.07) is 0. The molecule has 1 N–H and O–H groups in total. The molecule has 0 radical (unpaired) electrons. The van der Waals surface area contributed by atoms with E-state index >= 15 is 0 Å². The van der Waals surface area contributed by atoms with Gasteiger partial charge in [0.1, 0.15) is 12.2 Å². The van der Waals surface area contributed by atoms with Crippen molar-refractivity contribution in [3.63, 3.8) is 0 Å². The maximum absolute atomic E-state index is 11.6. The Balaban J connectivity index is 1.66. The topological polar surface area (TPSA) is 85.2 Å². The number of nitrogens with zero attached hydrogens (tertiary/aromatic N) is 1. The second-order valence-corrected chi connectivity index (χ2v) is 10.0. The molecule has 7 unspecified atom stereocenters. The number of carbonyl (C=O) groups excluding carboxylic acids is 2. The van der Waals surface area contributed by atoms with E-state index in [-0.39, 0.29) is 40.9 Å². The van der Waals surface area contributed by atoms with Crippen LogP contribution in [-0.2, 0) is 19.1 Å². The second-order valence-electron chi connectivity index (χ2n) is 10.0. The Morgan fingerprint density at radius 1 is 1.03 bits per heavy atom. The number of ether oxygens (including phenoxy) is 2. The summed E-state index contributed by atoms with van der Waals surface area (Å²) in [6.45, 7) is 7.54. The molecule has 0 saturated heterocycles. The molecule has 3 fully saturated rings. The molecule has 4 rings (SSSR count). The summed E-state index contributed by atoms with van der Waals surface area (Å²) in [4.78, 5) is 23.1.